The van der Waals surface area contributed by atoms with E-state index in [9.17, 15) is 0 Å². The Balaban J connectivity index is 0.000000188. The molecule has 2 aromatic rings. The molecule has 1 aromatic carbocycles. The molecule has 4 N–H and O–H groups in total. The number of benzene rings is 1. The van der Waals surface area contributed by atoms with Crippen molar-refractivity contribution >= 4 is 11.8 Å². The van der Waals surface area contributed by atoms with Crippen LogP contribution in [0.15, 0.2) is 36.5 Å². The van der Waals surface area contributed by atoms with Gasteiger partial charge in [0.25, 0.3) is 0 Å². The Morgan fingerprint density at radius 1 is 1.18 bits per heavy atom. The molecule has 1 atom stereocenters. The third kappa shape index (κ3) is 5.33. The molecule has 1 aliphatic carbocycles. The van der Waals surface area contributed by atoms with Crippen molar-refractivity contribution in [3.63, 3.8) is 0 Å². The van der Waals surface area contributed by atoms with Gasteiger partial charge in [0.2, 0.25) is 5.95 Å². The molecule has 5 heteroatoms. The summed E-state index contributed by atoms with van der Waals surface area (Å²) >= 11 is 0. The molecule has 1 fully saturated rings. The van der Waals surface area contributed by atoms with Gasteiger partial charge in [0, 0.05) is 6.20 Å². The number of nitrogens with two attached hydrogens (primary N) is 1. The van der Waals surface area contributed by atoms with Crippen LogP contribution >= 0.6 is 0 Å². The van der Waals surface area contributed by atoms with E-state index in [0.29, 0.717) is 17.7 Å². The van der Waals surface area contributed by atoms with E-state index in [4.69, 9.17) is 5.73 Å². The highest BCUT2D eigenvalue weighted by molar-refractivity contribution is 5.35. The number of nitrogen functional groups attached to an aromatic ring is 1. The number of aromatic nitrogens is 2. The maximum Gasteiger partial charge on any atom is 0.225 e. The van der Waals surface area contributed by atoms with Crippen LogP contribution in [0.5, 0.6) is 0 Å². The highest BCUT2D eigenvalue weighted by atomic mass is 15.2. The standard InChI is InChI=1S/C9H15N5.C8H10/c1-11-8(6-2-3-6)14-9-12-5-4-7(10)13-9;1-7-4-3-5-8(2)6-7/h4-6,8,11H,2-3H2,1H3,(H3,10,12,13,14);3-6H,1-2H3. The Morgan fingerprint density at radius 3 is 2.32 bits per heavy atom. The lowest BCUT2D eigenvalue weighted by molar-refractivity contribution is 0.554. The number of hydrogen-bond donors (Lipinski definition) is 3. The summed E-state index contributed by atoms with van der Waals surface area (Å²) in [5.74, 6) is 1.79. The molecule has 0 spiro atoms. The molecule has 0 aliphatic heterocycles. The van der Waals surface area contributed by atoms with Gasteiger partial charge in [-0.15, -0.1) is 0 Å². The van der Waals surface area contributed by atoms with Crippen LogP contribution in [0, 0.1) is 19.8 Å². The minimum atomic E-state index is 0.261. The highest BCUT2D eigenvalue weighted by Gasteiger charge is 2.30. The fraction of sp³-hybridized carbons (Fsp3) is 0.412. The quantitative estimate of drug-likeness (QED) is 0.757. The zero-order valence-corrected chi connectivity index (χ0v) is 13.5. The molecule has 22 heavy (non-hydrogen) atoms. The van der Waals surface area contributed by atoms with Gasteiger partial charge in [0.15, 0.2) is 0 Å². The molecule has 5 nitrogen and oxygen atoms in total. The molecule has 1 aliphatic rings. The summed E-state index contributed by atoms with van der Waals surface area (Å²) in [6, 6.07) is 10.1. The lowest BCUT2D eigenvalue weighted by Gasteiger charge is -2.16. The first-order valence-electron chi connectivity index (χ1n) is 7.64. The summed E-state index contributed by atoms with van der Waals surface area (Å²) in [6.45, 7) is 4.21. The Kier molecular flexibility index (Phi) is 5.72. The molecule has 1 heterocycles. The van der Waals surface area contributed by atoms with E-state index in [1.807, 2.05) is 7.05 Å². The largest absolute Gasteiger partial charge is 0.384 e. The van der Waals surface area contributed by atoms with Crippen LogP contribution < -0.4 is 16.4 Å². The predicted octanol–water partition coefficient (Wildman–Crippen LogP) is 2.73. The van der Waals surface area contributed by atoms with Crippen LogP contribution in [0.25, 0.3) is 0 Å². The van der Waals surface area contributed by atoms with Gasteiger partial charge < -0.3 is 16.4 Å². The second-order valence-electron chi connectivity index (χ2n) is 5.71. The Bertz CT molecular complexity index is 578. The first-order chi connectivity index (χ1) is 10.6. The van der Waals surface area contributed by atoms with Crippen molar-refractivity contribution in [2.24, 2.45) is 5.92 Å². The van der Waals surface area contributed by atoms with Gasteiger partial charge >= 0.3 is 0 Å². The SMILES string of the molecule is CNC(Nc1nccc(N)n1)C1CC1.Cc1cccc(C)c1. The summed E-state index contributed by atoms with van der Waals surface area (Å²) in [7, 11) is 1.93. The van der Waals surface area contributed by atoms with Crippen molar-refractivity contribution in [1.82, 2.24) is 15.3 Å². The summed E-state index contributed by atoms with van der Waals surface area (Å²) in [5, 5.41) is 6.42. The number of nitrogens with zero attached hydrogens (tertiary/aromatic N) is 2. The van der Waals surface area contributed by atoms with Gasteiger partial charge in [-0.25, -0.2) is 4.98 Å². The lowest BCUT2D eigenvalue weighted by Crippen LogP contribution is -2.36. The molecule has 0 amide bonds. The van der Waals surface area contributed by atoms with Gasteiger partial charge in [-0.2, -0.15) is 4.98 Å². The van der Waals surface area contributed by atoms with E-state index in [1.165, 1.54) is 24.0 Å². The fourth-order valence-electron chi connectivity index (χ4n) is 2.24. The smallest absolute Gasteiger partial charge is 0.225 e. The Labute approximate surface area is 132 Å². The van der Waals surface area contributed by atoms with E-state index in [-0.39, 0.29) is 6.17 Å². The van der Waals surface area contributed by atoms with Crippen molar-refractivity contribution < 1.29 is 0 Å². The summed E-state index contributed by atoms with van der Waals surface area (Å²) < 4.78 is 0. The maximum atomic E-state index is 5.56. The van der Waals surface area contributed by atoms with Crippen molar-refractivity contribution in [2.75, 3.05) is 18.1 Å². The van der Waals surface area contributed by atoms with Gasteiger partial charge in [0.1, 0.15) is 5.82 Å². The predicted molar refractivity (Wildman–Crippen MR) is 91.6 cm³/mol. The first kappa shape index (κ1) is 16.2. The van der Waals surface area contributed by atoms with Gasteiger partial charge in [-0.05, 0) is 45.7 Å². The number of nitrogens with one attached hydrogen (secondary N) is 2. The van der Waals surface area contributed by atoms with Crippen LogP contribution in [-0.4, -0.2) is 23.2 Å². The summed E-state index contributed by atoms with van der Waals surface area (Å²) in [5.41, 5.74) is 8.23. The molecule has 118 valence electrons. The van der Waals surface area contributed by atoms with Crippen LogP contribution in [0.3, 0.4) is 0 Å². The summed E-state index contributed by atoms with van der Waals surface area (Å²) in [6.07, 6.45) is 4.45. The molecule has 0 saturated heterocycles. The van der Waals surface area contributed by atoms with Gasteiger partial charge in [-0.1, -0.05) is 35.4 Å². The second-order valence-corrected chi connectivity index (χ2v) is 5.71. The van der Waals surface area contributed by atoms with E-state index >= 15 is 0 Å². The third-order valence-electron chi connectivity index (χ3n) is 3.54. The number of hydrogen-bond acceptors (Lipinski definition) is 5. The fourth-order valence-corrected chi connectivity index (χ4v) is 2.24. The monoisotopic (exact) mass is 299 g/mol. The zero-order valence-electron chi connectivity index (χ0n) is 13.5. The van der Waals surface area contributed by atoms with Crippen LogP contribution in [-0.2, 0) is 0 Å². The molecule has 1 unspecified atom stereocenters. The first-order valence-corrected chi connectivity index (χ1v) is 7.64. The highest BCUT2D eigenvalue weighted by Crippen LogP contribution is 2.32. The van der Waals surface area contributed by atoms with E-state index in [2.05, 4.69) is 58.7 Å². The van der Waals surface area contributed by atoms with Crippen molar-refractivity contribution in [3.8, 4) is 0 Å². The molecule has 0 bridgehead atoms. The van der Waals surface area contributed by atoms with Gasteiger partial charge in [-0.3, -0.25) is 0 Å². The van der Waals surface area contributed by atoms with Crippen molar-refractivity contribution in [1.29, 1.82) is 0 Å². The zero-order chi connectivity index (χ0) is 15.9. The van der Waals surface area contributed by atoms with E-state index in [1.54, 1.807) is 12.3 Å². The van der Waals surface area contributed by atoms with Crippen LogP contribution in [0.1, 0.15) is 24.0 Å². The van der Waals surface area contributed by atoms with Crippen molar-refractivity contribution in [2.45, 2.75) is 32.9 Å². The molecule has 1 saturated carbocycles. The summed E-state index contributed by atoms with van der Waals surface area (Å²) in [4.78, 5) is 8.18. The Morgan fingerprint density at radius 2 is 1.86 bits per heavy atom. The molecule has 1 aromatic heterocycles. The van der Waals surface area contributed by atoms with E-state index < -0.39 is 0 Å². The minimum absolute atomic E-state index is 0.261. The normalized spacial score (nSPS) is 14.7. The van der Waals surface area contributed by atoms with Crippen molar-refractivity contribution in [3.05, 3.63) is 47.7 Å². The number of anilines is 2. The minimum Gasteiger partial charge on any atom is -0.384 e. The number of aryl methyl sites for hydroxylation is 2. The van der Waals surface area contributed by atoms with Crippen LogP contribution in [0.2, 0.25) is 0 Å². The molecule has 0 radical (unpaired) electrons. The molecular formula is C17H25N5. The lowest BCUT2D eigenvalue weighted by atomic mass is 10.2. The average molecular weight is 299 g/mol. The maximum absolute atomic E-state index is 5.56. The third-order valence-corrected chi connectivity index (χ3v) is 3.54. The average Bonchev–Trinajstić information content (AvgIpc) is 3.30. The van der Waals surface area contributed by atoms with Crippen LogP contribution in [0.4, 0.5) is 11.8 Å². The molecular weight excluding hydrogens is 274 g/mol. The topological polar surface area (TPSA) is 75.9 Å². The molecule has 3 rings (SSSR count). The van der Waals surface area contributed by atoms with E-state index in [0.717, 1.165) is 0 Å². The Hall–Kier alpha value is -2.14. The van der Waals surface area contributed by atoms with Gasteiger partial charge in [0.05, 0.1) is 6.17 Å². The second kappa shape index (κ2) is 7.75. The number of rotatable bonds is 4.